The van der Waals surface area contributed by atoms with E-state index in [1.54, 1.807) is 0 Å². The highest BCUT2D eigenvalue weighted by atomic mass is 35.5. The number of benzene rings is 4. The Morgan fingerprint density at radius 2 is 0.825 bits per heavy atom. The van der Waals surface area contributed by atoms with Crippen molar-refractivity contribution in [1.82, 2.24) is 19.3 Å². The summed E-state index contributed by atoms with van der Waals surface area (Å²) in [6.07, 6.45) is 3.72. The van der Waals surface area contributed by atoms with Crippen LogP contribution in [0.2, 0.25) is 10.0 Å². The van der Waals surface area contributed by atoms with Crippen LogP contribution in [0.15, 0.2) is 122 Å². The van der Waals surface area contributed by atoms with Gasteiger partial charge in [-0.15, -0.1) is 0 Å². The molecule has 4 heterocycles. The molecule has 0 fully saturated rings. The van der Waals surface area contributed by atoms with Gasteiger partial charge in [0.25, 0.3) is 0 Å². The molecule has 0 aliphatic heterocycles. The van der Waals surface area contributed by atoms with Crippen LogP contribution in [-0.4, -0.2) is 19.3 Å². The summed E-state index contributed by atoms with van der Waals surface area (Å²) in [5.41, 5.74) is 7.42. The number of para-hydroxylation sites is 2. The maximum Gasteiger partial charge on any atom is 0.0980 e. The molecule has 8 rings (SSSR count). The van der Waals surface area contributed by atoms with E-state index in [-0.39, 0.29) is 0 Å². The second-order valence-corrected chi connectivity index (χ2v) is 10.5. The third-order valence-corrected chi connectivity index (χ3v) is 8.23. The van der Waals surface area contributed by atoms with Gasteiger partial charge in [-0.05, 0) is 36.4 Å². The predicted octanol–water partition coefficient (Wildman–Crippen LogP) is 9.64. The smallest absolute Gasteiger partial charge is 0.0980 e. The zero-order valence-electron chi connectivity index (χ0n) is 21.1. The van der Waals surface area contributed by atoms with Gasteiger partial charge < -0.3 is 0 Å². The Morgan fingerprint density at radius 3 is 1.27 bits per heavy atom. The van der Waals surface area contributed by atoms with Gasteiger partial charge in [-0.1, -0.05) is 96.0 Å². The van der Waals surface area contributed by atoms with Crippen LogP contribution in [0.5, 0.6) is 0 Å². The van der Waals surface area contributed by atoms with Crippen LogP contribution >= 0.6 is 23.2 Å². The number of aromatic nitrogens is 4. The first-order chi connectivity index (χ1) is 19.7. The minimum Gasteiger partial charge on any atom is -0.254 e. The van der Waals surface area contributed by atoms with Crippen molar-refractivity contribution < 1.29 is 0 Å². The van der Waals surface area contributed by atoms with E-state index in [0.717, 1.165) is 66.1 Å². The molecule has 0 aliphatic carbocycles. The molecule has 40 heavy (non-hydrogen) atoms. The van der Waals surface area contributed by atoms with Crippen LogP contribution in [0.1, 0.15) is 0 Å². The Morgan fingerprint density at radius 1 is 0.425 bits per heavy atom. The van der Waals surface area contributed by atoms with E-state index in [0.29, 0.717) is 10.0 Å². The van der Waals surface area contributed by atoms with Gasteiger partial charge in [0.15, 0.2) is 0 Å². The predicted molar refractivity (Wildman–Crippen MR) is 166 cm³/mol. The largest absolute Gasteiger partial charge is 0.254 e. The number of fused-ring (bicyclic) bond motifs is 6. The maximum absolute atomic E-state index is 6.77. The van der Waals surface area contributed by atoms with Gasteiger partial charge in [-0.3, -0.25) is 9.97 Å². The Kier molecular flexibility index (Phi) is 5.21. The molecular formula is C34H20Cl2N4. The van der Waals surface area contributed by atoms with Gasteiger partial charge in [0, 0.05) is 45.1 Å². The molecule has 0 aliphatic rings. The summed E-state index contributed by atoms with van der Waals surface area (Å²) in [7, 11) is 0. The van der Waals surface area contributed by atoms with Crippen LogP contribution in [0.25, 0.3) is 66.1 Å². The molecule has 0 saturated carbocycles. The Balaban J connectivity index is 1.64. The second-order valence-electron chi connectivity index (χ2n) is 9.73. The molecule has 0 saturated heterocycles. The van der Waals surface area contributed by atoms with E-state index in [1.165, 1.54) is 0 Å². The molecular weight excluding hydrogens is 535 g/mol. The van der Waals surface area contributed by atoms with Crippen molar-refractivity contribution in [2.45, 2.75) is 0 Å². The molecule has 4 aromatic carbocycles. The number of hydrogen-bond acceptors (Lipinski definition) is 2. The molecule has 0 atom stereocenters. The molecule has 190 valence electrons. The highest BCUT2D eigenvalue weighted by Crippen LogP contribution is 2.42. The number of halogens is 2. The standard InChI is InChI=1S/C34H20Cl2N4/c35-27-13-5-1-11-25(27)31-33-23(17-19-37-31)21-9-3-7-15-29(21)39(33)40-30-16-8-4-10-22(30)24-18-20-38-32(34(24)40)26-12-2-6-14-28(26)36/h1-20H. The summed E-state index contributed by atoms with van der Waals surface area (Å²) in [4.78, 5) is 9.81. The summed E-state index contributed by atoms with van der Waals surface area (Å²) in [6, 6.07) is 36.8. The normalized spacial score (nSPS) is 11.8. The van der Waals surface area contributed by atoms with E-state index in [4.69, 9.17) is 33.2 Å². The lowest BCUT2D eigenvalue weighted by Crippen LogP contribution is -2.10. The molecule has 0 N–H and O–H groups in total. The van der Waals surface area contributed by atoms with Crippen molar-refractivity contribution in [2.24, 2.45) is 0 Å². The molecule has 0 radical (unpaired) electrons. The quantitative estimate of drug-likeness (QED) is 0.218. The van der Waals surface area contributed by atoms with Crippen LogP contribution in [-0.2, 0) is 0 Å². The highest BCUT2D eigenvalue weighted by Gasteiger charge is 2.24. The lowest BCUT2D eigenvalue weighted by Gasteiger charge is -2.17. The number of rotatable bonds is 3. The Labute approximate surface area is 239 Å². The van der Waals surface area contributed by atoms with Crippen molar-refractivity contribution in [3.8, 4) is 22.5 Å². The van der Waals surface area contributed by atoms with Gasteiger partial charge in [0.2, 0.25) is 0 Å². The molecule has 4 nitrogen and oxygen atoms in total. The van der Waals surface area contributed by atoms with Crippen LogP contribution in [0.4, 0.5) is 0 Å². The summed E-state index contributed by atoms with van der Waals surface area (Å²) in [6.45, 7) is 0. The van der Waals surface area contributed by atoms with E-state index in [2.05, 4.69) is 70.0 Å². The van der Waals surface area contributed by atoms with E-state index >= 15 is 0 Å². The lowest BCUT2D eigenvalue weighted by molar-refractivity contribution is 0.773. The number of nitrogens with zero attached hydrogens (tertiary/aromatic N) is 4. The van der Waals surface area contributed by atoms with Crippen molar-refractivity contribution in [1.29, 1.82) is 0 Å². The first-order valence-corrected chi connectivity index (χ1v) is 13.7. The topological polar surface area (TPSA) is 35.6 Å². The number of pyridine rings is 2. The zero-order valence-corrected chi connectivity index (χ0v) is 22.6. The van der Waals surface area contributed by atoms with Gasteiger partial charge in [-0.25, -0.2) is 9.35 Å². The van der Waals surface area contributed by atoms with E-state index in [1.807, 2.05) is 60.9 Å². The van der Waals surface area contributed by atoms with Gasteiger partial charge in [-0.2, -0.15) is 0 Å². The molecule has 0 bridgehead atoms. The molecule has 8 aromatic rings. The van der Waals surface area contributed by atoms with Crippen LogP contribution in [0, 0.1) is 0 Å². The van der Waals surface area contributed by atoms with E-state index in [9.17, 15) is 0 Å². The summed E-state index contributed by atoms with van der Waals surface area (Å²) in [5.74, 6) is 0. The summed E-state index contributed by atoms with van der Waals surface area (Å²) in [5, 5.41) is 5.74. The average Bonchev–Trinajstić information content (AvgIpc) is 3.50. The summed E-state index contributed by atoms with van der Waals surface area (Å²) >= 11 is 13.5. The SMILES string of the molecule is Clc1ccccc1-c1nccc2c3ccccc3n(-n3c4ccccc4c4ccnc(-c5ccccc5Cl)c43)c12. The third kappa shape index (κ3) is 3.27. The third-order valence-electron chi connectivity index (χ3n) is 7.57. The van der Waals surface area contributed by atoms with Gasteiger partial charge in [0.1, 0.15) is 0 Å². The first kappa shape index (κ1) is 23.3. The monoisotopic (exact) mass is 554 g/mol. The minimum absolute atomic E-state index is 0.653. The lowest BCUT2D eigenvalue weighted by atomic mass is 10.1. The van der Waals surface area contributed by atoms with Gasteiger partial charge >= 0.3 is 0 Å². The second kappa shape index (κ2) is 8.95. The minimum atomic E-state index is 0.653. The molecule has 0 amide bonds. The van der Waals surface area contributed by atoms with Gasteiger partial charge in [0.05, 0.1) is 43.5 Å². The van der Waals surface area contributed by atoms with Crippen LogP contribution < -0.4 is 0 Å². The molecule has 0 spiro atoms. The number of hydrogen-bond donors (Lipinski definition) is 0. The molecule has 4 aromatic heterocycles. The van der Waals surface area contributed by atoms with Crippen molar-refractivity contribution in [2.75, 3.05) is 0 Å². The Bertz CT molecular complexity index is 2100. The fourth-order valence-corrected chi connectivity index (χ4v) is 6.35. The fraction of sp³-hybridized carbons (Fsp3) is 0. The highest BCUT2D eigenvalue weighted by molar-refractivity contribution is 6.34. The molecule has 6 heteroatoms. The maximum atomic E-state index is 6.77. The zero-order chi connectivity index (χ0) is 26.8. The average molecular weight is 555 g/mol. The van der Waals surface area contributed by atoms with Crippen molar-refractivity contribution in [3.05, 3.63) is 132 Å². The van der Waals surface area contributed by atoms with Crippen molar-refractivity contribution >= 4 is 66.8 Å². The molecule has 0 unspecified atom stereocenters. The van der Waals surface area contributed by atoms with E-state index < -0.39 is 0 Å². The van der Waals surface area contributed by atoms with Crippen LogP contribution in [0.3, 0.4) is 0 Å². The first-order valence-electron chi connectivity index (χ1n) is 13.0. The van der Waals surface area contributed by atoms with Crippen molar-refractivity contribution in [3.63, 3.8) is 0 Å². The fourth-order valence-electron chi connectivity index (χ4n) is 5.90. The summed E-state index contributed by atoms with van der Waals surface area (Å²) < 4.78 is 4.53. The Hall–Kier alpha value is -4.64.